The van der Waals surface area contributed by atoms with Crippen molar-refractivity contribution in [2.45, 2.75) is 39.2 Å². The first kappa shape index (κ1) is 13.1. The molecule has 0 bridgehead atoms. The fourth-order valence-corrected chi connectivity index (χ4v) is 2.99. The van der Waals surface area contributed by atoms with E-state index < -0.39 is 4.92 Å². The molecule has 98 valence electrons. The zero-order valence-corrected chi connectivity index (χ0v) is 11.4. The molecule has 0 aliphatic carbocycles. The maximum atomic E-state index is 10.8. The molecule has 1 aromatic carbocycles. The SMILES string of the molecule is Cc1cc([N+](=O)[O-])cc(Cl)c1N1CCCCC1C. The summed E-state index contributed by atoms with van der Waals surface area (Å²) in [6.07, 6.45) is 3.53. The third kappa shape index (κ3) is 2.43. The molecule has 5 heteroatoms. The van der Waals surface area contributed by atoms with Gasteiger partial charge < -0.3 is 4.90 Å². The highest BCUT2D eigenvalue weighted by atomic mass is 35.5. The molecule has 0 aromatic heterocycles. The van der Waals surface area contributed by atoms with E-state index in [-0.39, 0.29) is 5.69 Å². The maximum absolute atomic E-state index is 10.8. The molecule has 1 unspecified atom stereocenters. The smallest absolute Gasteiger partial charge is 0.271 e. The van der Waals surface area contributed by atoms with Gasteiger partial charge in [-0.3, -0.25) is 10.1 Å². The van der Waals surface area contributed by atoms with Crippen LogP contribution in [0.1, 0.15) is 31.7 Å². The van der Waals surface area contributed by atoms with Crippen LogP contribution in [-0.4, -0.2) is 17.5 Å². The lowest BCUT2D eigenvalue weighted by Gasteiger charge is -2.36. The second-order valence-electron chi connectivity index (χ2n) is 4.89. The zero-order valence-electron chi connectivity index (χ0n) is 10.6. The number of nitro benzene ring substituents is 1. The Balaban J connectivity index is 2.41. The lowest BCUT2D eigenvalue weighted by Crippen LogP contribution is -2.38. The Kier molecular flexibility index (Phi) is 3.76. The standard InChI is InChI=1S/C13H17ClN2O2/c1-9-7-11(16(17)18)8-12(14)13(9)15-6-4-3-5-10(15)2/h7-8,10H,3-6H2,1-2H3. The molecule has 4 nitrogen and oxygen atoms in total. The summed E-state index contributed by atoms with van der Waals surface area (Å²) in [7, 11) is 0. The number of rotatable bonds is 2. The van der Waals surface area contributed by atoms with Crippen LogP contribution in [0.4, 0.5) is 11.4 Å². The fraction of sp³-hybridized carbons (Fsp3) is 0.538. The molecular formula is C13H17ClN2O2. The summed E-state index contributed by atoms with van der Waals surface area (Å²) in [6.45, 7) is 5.03. The summed E-state index contributed by atoms with van der Waals surface area (Å²) in [5.41, 5.74) is 1.89. The second kappa shape index (κ2) is 5.14. The number of aryl methyl sites for hydroxylation is 1. The molecule has 0 amide bonds. The molecular weight excluding hydrogens is 252 g/mol. The average molecular weight is 269 g/mol. The highest BCUT2D eigenvalue weighted by Gasteiger charge is 2.24. The van der Waals surface area contributed by atoms with E-state index >= 15 is 0 Å². The molecule has 1 aliphatic rings. The molecule has 1 atom stereocenters. The van der Waals surface area contributed by atoms with Gasteiger partial charge in [0.2, 0.25) is 0 Å². The lowest BCUT2D eigenvalue weighted by molar-refractivity contribution is -0.384. The Morgan fingerprint density at radius 3 is 2.72 bits per heavy atom. The number of nitro groups is 1. The summed E-state index contributed by atoms with van der Waals surface area (Å²) in [5, 5.41) is 11.3. The van der Waals surface area contributed by atoms with E-state index in [1.165, 1.54) is 12.5 Å². The third-order valence-electron chi connectivity index (χ3n) is 3.54. The first-order valence-corrected chi connectivity index (χ1v) is 6.59. The largest absolute Gasteiger partial charge is 0.367 e. The lowest BCUT2D eigenvalue weighted by atomic mass is 10.0. The van der Waals surface area contributed by atoms with Crippen molar-refractivity contribution >= 4 is 23.0 Å². The quantitative estimate of drug-likeness (QED) is 0.603. The highest BCUT2D eigenvalue weighted by Crippen LogP contribution is 2.36. The monoisotopic (exact) mass is 268 g/mol. The second-order valence-corrected chi connectivity index (χ2v) is 5.30. The number of benzene rings is 1. The van der Waals surface area contributed by atoms with Crippen LogP contribution in [0, 0.1) is 17.0 Å². The van der Waals surface area contributed by atoms with E-state index in [4.69, 9.17) is 11.6 Å². The summed E-state index contributed by atoms with van der Waals surface area (Å²) >= 11 is 6.23. The van der Waals surface area contributed by atoms with Gasteiger partial charge in [0, 0.05) is 24.7 Å². The van der Waals surface area contributed by atoms with Crippen LogP contribution in [0.5, 0.6) is 0 Å². The summed E-state index contributed by atoms with van der Waals surface area (Å²) in [6, 6.07) is 3.49. The van der Waals surface area contributed by atoms with Crippen molar-refractivity contribution in [2.75, 3.05) is 11.4 Å². The van der Waals surface area contributed by atoms with Crippen molar-refractivity contribution < 1.29 is 4.92 Å². The van der Waals surface area contributed by atoms with Gasteiger partial charge in [0.15, 0.2) is 0 Å². The Bertz CT molecular complexity index is 453. The number of halogens is 1. The number of anilines is 1. The highest BCUT2D eigenvalue weighted by molar-refractivity contribution is 6.33. The van der Waals surface area contributed by atoms with Crippen molar-refractivity contribution in [3.8, 4) is 0 Å². The molecule has 0 N–H and O–H groups in total. The first-order chi connectivity index (χ1) is 8.50. The minimum atomic E-state index is -0.401. The Labute approximate surface area is 112 Å². The fourth-order valence-electron chi connectivity index (χ4n) is 2.62. The first-order valence-electron chi connectivity index (χ1n) is 6.22. The predicted molar refractivity (Wildman–Crippen MR) is 73.5 cm³/mol. The number of hydrogen-bond donors (Lipinski definition) is 0. The maximum Gasteiger partial charge on any atom is 0.271 e. The number of non-ortho nitro benzene ring substituents is 1. The molecule has 0 radical (unpaired) electrons. The molecule has 1 saturated heterocycles. The van der Waals surface area contributed by atoms with Crippen LogP contribution in [0.2, 0.25) is 5.02 Å². The number of piperidine rings is 1. The van der Waals surface area contributed by atoms with E-state index in [9.17, 15) is 10.1 Å². The summed E-state index contributed by atoms with van der Waals surface area (Å²) < 4.78 is 0. The van der Waals surface area contributed by atoms with Crippen LogP contribution in [0.15, 0.2) is 12.1 Å². The predicted octanol–water partition coefficient (Wildman–Crippen LogP) is 3.94. The topological polar surface area (TPSA) is 46.4 Å². The van der Waals surface area contributed by atoms with Gasteiger partial charge >= 0.3 is 0 Å². The number of nitrogens with zero attached hydrogens (tertiary/aromatic N) is 2. The van der Waals surface area contributed by atoms with E-state index in [0.29, 0.717) is 11.1 Å². The minimum absolute atomic E-state index is 0.0610. The molecule has 1 heterocycles. The van der Waals surface area contributed by atoms with Gasteiger partial charge in [0.25, 0.3) is 5.69 Å². The molecule has 0 saturated carbocycles. The normalized spacial score (nSPS) is 19.9. The molecule has 1 aromatic rings. The van der Waals surface area contributed by atoms with Crippen molar-refractivity contribution in [1.82, 2.24) is 0 Å². The van der Waals surface area contributed by atoms with Crippen molar-refractivity contribution in [3.05, 3.63) is 32.8 Å². The van der Waals surface area contributed by atoms with Gasteiger partial charge in [-0.2, -0.15) is 0 Å². The van der Waals surface area contributed by atoms with Crippen LogP contribution in [0.3, 0.4) is 0 Å². The van der Waals surface area contributed by atoms with Crippen molar-refractivity contribution in [2.24, 2.45) is 0 Å². The molecule has 18 heavy (non-hydrogen) atoms. The van der Waals surface area contributed by atoms with Crippen molar-refractivity contribution in [1.29, 1.82) is 0 Å². The zero-order chi connectivity index (χ0) is 13.3. The van der Waals surface area contributed by atoms with Gasteiger partial charge in [-0.15, -0.1) is 0 Å². The molecule has 1 aliphatic heterocycles. The van der Waals surface area contributed by atoms with E-state index in [2.05, 4.69) is 11.8 Å². The van der Waals surface area contributed by atoms with Gasteiger partial charge in [0.1, 0.15) is 0 Å². The van der Waals surface area contributed by atoms with E-state index in [0.717, 1.165) is 30.6 Å². The van der Waals surface area contributed by atoms with Crippen LogP contribution < -0.4 is 4.90 Å². The average Bonchev–Trinajstić information content (AvgIpc) is 2.30. The molecule has 1 fully saturated rings. The van der Waals surface area contributed by atoms with Crippen molar-refractivity contribution in [3.63, 3.8) is 0 Å². The van der Waals surface area contributed by atoms with E-state index in [1.54, 1.807) is 6.07 Å². The van der Waals surface area contributed by atoms with Gasteiger partial charge in [-0.1, -0.05) is 11.6 Å². The van der Waals surface area contributed by atoms with E-state index in [1.807, 2.05) is 6.92 Å². The third-order valence-corrected chi connectivity index (χ3v) is 3.83. The Morgan fingerprint density at radius 2 is 2.17 bits per heavy atom. The summed E-state index contributed by atoms with van der Waals surface area (Å²) in [4.78, 5) is 12.7. The molecule has 0 spiro atoms. The molecule has 2 rings (SSSR count). The van der Waals surface area contributed by atoms with Crippen LogP contribution >= 0.6 is 11.6 Å². The van der Waals surface area contributed by atoms with Gasteiger partial charge in [-0.25, -0.2) is 0 Å². The minimum Gasteiger partial charge on any atom is -0.367 e. The van der Waals surface area contributed by atoms with Crippen LogP contribution in [0.25, 0.3) is 0 Å². The van der Waals surface area contributed by atoms with Gasteiger partial charge in [-0.05, 0) is 38.7 Å². The van der Waals surface area contributed by atoms with Crippen LogP contribution in [-0.2, 0) is 0 Å². The Hall–Kier alpha value is -1.29. The summed E-state index contributed by atoms with van der Waals surface area (Å²) in [5.74, 6) is 0. The van der Waals surface area contributed by atoms with Gasteiger partial charge in [0.05, 0.1) is 15.6 Å². The Morgan fingerprint density at radius 1 is 1.44 bits per heavy atom. The number of hydrogen-bond acceptors (Lipinski definition) is 3.